The van der Waals surface area contributed by atoms with Crippen molar-refractivity contribution in [3.8, 4) is 5.75 Å². The second-order valence-electron chi connectivity index (χ2n) is 7.32. The molecule has 31 heavy (non-hydrogen) atoms. The molecule has 4 rings (SSSR count). The van der Waals surface area contributed by atoms with Gasteiger partial charge in [-0.15, -0.1) is 0 Å². The van der Waals surface area contributed by atoms with Gasteiger partial charge >= 0.3 is 0 Å². The average Bonchev–Trinajstić information content (AvgIpc) is 3.52. The van der Waals surface area contributed by atoms with Crippen molar-refractivity contribution in [2.45, 2.75) is 40.0 Å². The standard InChI is InChI=1S/C24H24N2O5/c1-17-23(18(2)31-25-17)16-30-20-9-7-19(8-10-20)13-24(27)26(14-21-5-3-11-28-21)15-22-6-4-12-29-22/h3-12H,13-16H2,1-2H3. The maximum absolute atomic E-state index is 13.0. The van der Waals surface area contributed by atoms with E-state index in [2.05, 4.69) is 5.16 Å². The zero-order chi connectivity index (χ0) is 21.6. The Balaban J connectivity index is 1.38. The number of ether oxygens (including phenoxy) is 1. The van der Waals surface area contributed by atoms with E-state index < -0.39 is 0 Å². The molecule has 0 saturated heterocycles. The Kier molecular flexibility index (Phi) is 6.21. The summed E-state index contributed by atoms with van der Waals surface area (Å²) < 4.78 is 21.8. The number of aromatic nitrogens is 1. The summed E-state index contributed by atoms with van der Waals surface area (Å²) in [7, 11) is 0. The fourth-order valence-corrected chi connectivity index (χ4v) is 3.27. The first-order chi connectivity index (χ1) is 15.1. The van der Waals surface area contributed by atoms with E-state index in [0.29, 0.717) is 19.7 Å². The minimum atomic E-state index is -0.0165. The lowest BCUT2D eigenvalue weighted by Crippen LogP contribution is -2.31. The van der Waals surface area contributed by atoms with Crippen LogP contribution in [0.1, 0.15) is 34.1 Å². The molecule has 0 fully saturated rings. The van der Waals surface area contributed by atoms with Gasteiger partial charge in [-0.3, -0.25) is 4.79 Å². The Labute approximate surface area is 180 Å². The number of hydrogen-bond acceptors (Lipinski definition) is 6. The van der Waals surface area contributed by atoms with E-state index in [1.54, 1.807) is 17.4 Å². The van der Waals surface area contributed by atoms with Crippen molar-refractivity contribution in [2.24, 2.45) is 0 Å². The predicted molar refractivity (Wildman–Crippen MR) is 112 cm³/mol. The largest absolute Gasteiger partial charge is 0.489 e. The summed E-state index contributed by atoms with van der Waals surface area (Å²) in [6.45, 7) is 4.90. The third kappa shape index (κ3) is 5.25. The summed E-state index contributed by atoms with van der Waals surface area (Å²) in [5.74, 6) is 2.91. The maximum atomic E-state index is 13.0. The van der Waals surface area contributed by atoms with Crippen LogP contribution < -0.4 is 4.74 Å². The Hall–Kier alpha value is -3.74. The second-order valence-corrected chi connectivity index (χ2v) is 7.32. The van der Waals surface area contributed by atoms with Crippen molar-refractivity contribution in [3.05, 3.63) is 95.2 Å². The molecule has 0 bridgehead atoms. The van der Waals surface area contributed by atoms with E-state index in [4.69, 9.17) is 18.1 Å². The van der Waals surface area contributed by atoms with Gasteiger partial charge in [-0.25, -0.2) is 0 Å². The van der Waals surface area contributed by atoms with E-state index in [-0.39, 0.29) is 12.3 Å². The number of amides is 1. The topological polar surface area (TPSA) is 81.9 Å². The normalized spacial score (nSPS) is 10.9. The number of rotatable bonds is 9. The zero-order valence-electron chi connectivity index (χ0n) is 17.5. The summed E-state index contributed by atoms with van der Waals surface area (Å²) in [6, 6.07) is 14.9. The van der Waals surface area contributed by atoms with Crippen LogP contribution in [-0.2, 0) is 30.9 Å². The number of furan rings is 2. The van der Waals surface area contributed by atoms with Crippen LogP contribution in [0, 0.1) is 13.8 Å². The Morgan fingerprint density at radius 1 is 0.968 bits per heavy atom. The van der Waals surface area contributed by atoms with Gasteiger partial charge in [-0.2, -0.15) is 0 Å². The van der Waals surface area contributed by atoms with Gasteiger partial charge in [-0.05, 0) is 55.8 Å². The lowest BCUT2D eigenvalue weighted by molar-refractivity contribution is -0.132. The number of aryl methyl sites for hydroxylation is 2. The van der Waals surface area contributed by atoms with Crippen LogP contribution in [0.4, 0.5) is 0 Å². The number of nitrogens with zero attached hydrogens (tertiary/aromatic N) is 2. The van der Waals surface area contributed by atoms with Crippen molar-refractivity contribution >= 4 is 5.91 Å². The molecule has 160 valence electrons. The van der Waals surface area contributed by atoms with Crippen LogP contribution in [0.2, 0.25) is 0 Å². The van der Waals surface area contributed by atoms with Gasteiger partial charge in [0.25, 0.3) is 0 Å². The van der Waals surface area contributed by atoms with Crippen molar-refractivity contribution in [2.75, 3.05) is 0 Å². The first-order valence-electron chi connectivity index (χ1n) is 10.0. The van der Waals surface area contributed by atoms with E-state index in [9.17, 15) is 4.79 Å². The highest BCUT2D eigenvalue weighted by Crippen LogP contribution is 2.19. The lowest BCUT2D eigenvalue weighted by Gasteiger charge is -2.21. The molecule has 3 aromatic heterocycles. The minimum Gasteiger partial charge on any atom is -0.489 e. The molecular weight excluding hydrogens is 396 g/mol. The van der Waals surface area contributed by atoms with Crippen LogP contribution in [0.15, 0.2) is 74.4 Å². The highest BCUT2D eigenvalue weighted by Gasteiger charge is 2.18. The monoisotopic (exact) mass is 420 g/mol. The SMILES string of the molecule is Cc1noc(C)c1COc1ccc(CC(=O)N(Cc2ccco2)Cc2ccco2)cc1. The molecule has 3 heterocycles. The zero-order valence-corrected chi connectivity index (χ0v) is 17.5. The summed E-state index contributed by atoms with van der Waals surface area (Å²) in [4.78, 5) is 14.7. The van der Waals surface area contributed by atoms with Crippen molar-refractivity contribution in [1.82, 2.24) is 10.1 Å². The molecule has 1 aromatic carbocycles. The lowest BCUT2D eigenvalue weighted by atomic mass is 10.1. The molecule has 0 saturated carbocycles. The number of benzene rings is 1. The first-order valence-corrected chi connectivity index (χ1v) is 10.0. The third-order valence-electron chi connectivity index (χ3n) is 5.05. The van der Waals surface area contributed by atoms with E-state index in [1.807, 2.05) is 62.4 Å². The summed E-state index contributed by atoms with van der Waals surface area (Å²) in [6.07, 6.45) is 3.48. The van der Waals surface area contributed by atoms with Gasteiger partial charge < -0.3 is 23.0 Å². The fraction of sp³-hybridized carbons (Fsp3) is 0.250. The molecule has 7 heteroatoms. The van der Waals surface area contributed by atoms with E-state index in [0.717, 1.165) is 39.9 Å². The van der Waals surface area contributed by atoms with Crippen molar-refractivity contribution in [3.63, 3.8) is 0 Å². The van der Waals surface area contributed by atoms with E-state index in [1.165, 1.54) is 0 Å². The molecule has 0 aliphatic carbocycles. The molecular formula is C24H24N2O5. The van der Waals surface area contributed by atoms with Gasteiger partial charge in [0, 0.05) is 0 Å². The molecule has 0 unspecified atom stereocenters. The Bertz CT molecular complexity index is 1040. The number of hydrogen-bond donors (Lipinski definition) is 0. The third-order valence-corrected chi connectivity index (χ3v) is 5.05. The first kappa shape index (κ1) is 20.5. The minimum absolute atomic E-state index is 0.0165. The van der Waals surface area contributed by atoms with Crippen LogP contribution in [0.25, 0.3) is 0 Å². The molecule has 4 aromatic rings. The highest BCUT2D eigenvalue weighted by molar-refractivity contribution is 5.78. The summed E-state index contributed by atoms with van der Waals surface area (Å²) in [5, 5.41) is 3.93. The number of carbonyl (C=O) groups excluding carboxylic acids is 1. The maximum Gasteiger partial charge on any atom is 0.227 e. The number of carbonyl (C=O) groups is 1. The summed E-state index contributed by atoms with van der Waals surface area (Å²) in [5.41, 5.74) is 2.68. The second kappa shape index (κ2) is 9.38. The summed E-state index contributed by atoms with van der Waals surface area (Å²) >= 11 is 0. The van der Waals surface area contributed by atoms with Gasteiger partial charge in [0.15, 0.2) is 0 Å². The molecule has 0 aliphatic heterocycles. The molecule has 0 N–H and O–H groups in total. The van der Waals surface area contributed by atoms with Crippen molar-refractivity contribution < 1.29 is 22.9 Å². The van der Waals surface area contributed by atoms with Crippen LogP contribution in [-0.4, -0.2) is 16.0 Å². The smallest absolute Gasteiger partial charge is 0.227 e. The van der Waals surface area contributed by atoms with Crippen LogP contribution in [0.3, 0.4) is 0 Å². The predicted octanol–water partition coefficient (Wildman–Crippen LogP) is 4.83. The molecule has 0 aliphatic rings. The molecule has 0 radical (unpaired) electrons. The Morgan fingerprint density at radius 3 is 2.13 bits per heavy atom. The van der Waals surface area contributed by atoms with Gasteiger partial charge in [0.05, 0.1) is 43.3 Å². The average molecular weight is 420 g/mol. The molecule has 7 nitrogen and oxygen atoms in total. The fourth-order valence-electron chi connectivity index (χ4n) is 3.27. The molecule has 0 spiro atoms. The quantitative estimate of drug-likeness (QED) is 0.386. The molecule has 0 atom stereocenters. The Morgan fingerprint density at radius 2 is 1.61 bits per heavy atom. The molecule has 1 amide bonds. The van der Waals surface area contributed by atoms with E-state index >= 15 is 0 Å². The van der Waals surface area contributed by atoms with Gasteiger partial charge in [0.2, 0.25) is 5.91 Å². The van der Waals surface area contributed by atoms with Gasteiger partial charge in [0.1, 0.15) is 29.6 Å². The van der Waals surface area contributed by atoms with Gasteiger partial charge in [-0.1, -0.05) is 17.3 Å². The van der Waals surface area contributed by atoms with Crippen molar-refractivity contribution in [1.29, 1.82) is 0 Å². The highest BCUT2D eigenvalue weighted by atomic mass is 16.5. The van der Waals surface area contributed by atoms with Crippen LogP contribution in [0.5, 0.6) is 5.75 Å². The van der Waals surface area contributed by atoms with Crippen LogP contribution >= 0.6 is 0 Å².